The van der Waals surface area contributed by atoms with Gasteiger partial charge in [0, 0.05) is 89.1 Å². The van der Waals surface area contributed by atoms with Gasteiger partial charge in [0.1, 0.15) is 23.0 Å². The standard InChI is InChI=1S/C50H52N2O6/c1-5-9-25-51(26-10-6-2)33-21-23-39-43(29-33)55-45-32-46-42(31-41(45)49(39)37-19-15-13-17-35(37)47(53)57-49)50(38-20-16-14-18-36(38)48(54)58-50)40-24-22-34(30-44(40)56-46)52(27-11-7-3)28-12-8-4/h13-24,29-32H,5-12,25-28H2,1-4H3/t49-,50+. The molecule has 0 saturated heterocycles. The number of rotatable bonds is 14. The average Bonchev–Trinajstić information content (AvgIpc) is 3.71. The average molecular weight is 777 g/mol. The Morgan fingerprint density at radius 2 is 0.810 bits per heavy atom. The Morgan fingerprint density at radius 1 is 0.431 bits per heavy atom. The van der Waals surface area contributed by atoms with Gasteiger partial charge >= 0.3 is 11.9 Å². The van der Waals surface area contributed by atoms with Crippen LogP contribution >= 0.6 is 0 Å². The SMILES string of the molecule is CCCCN(CCCC)c1ccc2c(c1)Oc1cc3c(cc1[C@]21OC(=O)c2ccccc21)[C@@]1(OC(=O)c2ccccc21)c1ccc(N(CCCC)CCCC)cc1O3. The minimum Gasteiger partial charge on any atom is -0.456 e. The van der Waals surface area contributed by atoms with Crippen LogP contribution in [0.2, 0.25) is 0 Å². The monoisotopic (exact) mass is 776 g/mol. The highest BCUT2D eigenvalue weighted by Gasteiger charge is 2.58. The number of hydrogen-bond donors (Lipinski definition) is 0. The van der Waals surface area contributed by atoms with Crippen LogP contribution in [0, 0.1) is 0 Å². The molecule has 0 unspecified atom stereocenters. The molecule has 58 heavy (non-hydrogen) atoms. The summed E-state index contributed by atoms with van der Waals surface area (Å²) in [6.07, 6.45) is 8.71. The minimum absolute atomic E-state index is 0.402. The number of esters is 2. The van der Waals surface area contributed by atoms with E-state index in [-0.39, 0.29) is 0 Å². The number of fused-ring (bicyclic) bond motifs is 12. The van der Waals surface area contributed by atoms with E-state index in [1.165, 1.54) is 0 Å². The molecule has 4 aliphatic rings. The maximum Gasteiger partial charge on any atom is 0.340 e. The van der Waals surface area contributed by atoms with E-state index in [1.54, 1.807) is 0 Å². The van der Waals surface area contributed by atoms with Crippen LogP contribution in [-0.4, -0.2) is 38.1 Å². The molecule has 0 amide bonds. The van der Waals surface area contributed by atoms with Crippen LogP contribution in [0.1, 0.15) is 133 Å². The van der Waals surface area contributed by atoms with Gasteiger partial charge in [-0.15, -0.1) is 0 Å². The molecule has 0 fully saturated rings. The van der Waals surface area contributed by atoms with Crippen LogP contribution in [0.15, 0.2) is 97.1 Å². The first kappa shape index (κ1) is 37.8. The van der Waals surface area contributed by atoms with Gasteiger partial charge in [0.25, 0.3) is 0 Å². The van der Waals surface area contributed by atoms with Crippen LogP contribution < -0.4 is 19.3 Å². The van der Waals surface area contributed by atoms with Crippen LogP contribution in [0.25, 0.3) is 0 Å². The summed E-state index contributed by atoms with van der Waals surface area (Å²) in [5.74, 6) is 1.48. The third-order valence-corrected chi connectivity index (χ3v) is 12.4. The molecule has 5 aromatic carbocycles. The zero-order valence-corrected chi connectivity index (χ0v) is 34.1. The van der Waals surface area contributed by atoms with Crippen molar-refractivity contribution in [1.82, 2.24) is 0 Å². The molecule has 9 rings (SSSR count). The van der Waals surface area contributed by atoms with E-state index in [1.807, 2.05) is 60.7 Å². The Balaban J connectivity index is 1.26. The van der Waals surface area contributed by atoms with E-state index >= 15 is 0 Å². The van der Waals surface area contributed by atoms with Gasteiger partial charge in [-0.1, -0.05) is 89.8 Å². The molecule has 0 radical (unpaired) electrons. The molecule has 8 nitrogen and oxygen atoms in total. The second-order valence-electron chi connectivity index (χ2n) is 16.0. The topological polar surface area (TPSA) is 77.5 Å². The lowest BCUT2D eigenvalue weighted by molar-refractivity contribution is 0.0208. The number of anilines is 2. The Morgan fingerprint density at radius 3 is 1.21 bits per heavy atom. The fraction of sp³-hybridized carbons (Fsp3) is 0.360. The van der Waals surface area contributed by atoms with E-state index in [4.69, 9.17) is 18.9 Å². The lowest BCUT2D eigenvalue weighted by Gasteiger charge is -2.41. The first-order valence-corrected chi connectivity index (χ1v) is 21.4. The van der Waals surface area contributed by atoms with Crippen molar-refractivity contribution < 1.29 is 28.5 Å². The molecule has 2 atom stereocenters. The molecule has 298 valence electrons. The normalized spacial score (nSPS) is 18.9. The molecule has 2 spiro atoms. The summed E-state index contributed by atoms with van der Waals surface area (Å²) in [7, 11) is 0. The number of ether oxygens (including phenoxy) is 4. The predicted octanol–water partition coefficient (Wildman–Crippen LogP) is 11.6. The first-order chi connectivity index (χ1) is 28.4. The summed E-state index contributed by atoms with van der Waals surface area (Å²) >= 11 is 0. The molecule has 0 bridgehead atoms. The molecule has 5 aromatic rings. The van der Waals surface area contributed by atoms with Crippen LogP contribution in [0.5, 0.6) is 23.0 Å². The molecule has 4 heterocycles. The predicted molar refractivity (Wildman–Crippen MR) is 227 cm³/mol. The molecule has 8 heteroatoms. The Kier molecular flexibility index (Phi) is 9.91. The largest absolute Gasteiger partial charge is 0.456 e. The van der Waals surface area contributed by atoms with E-state index in [0.29, 0.717) is 45.3 Å². The maximum atomic E-state index is 13.9. The van der Waals surface area contributed by atoms with Crippen LogP contribution in [-0.2, 0) is 20.7 Å². The number of hydrogen-bond acceptors (Lipinski definition) is 8. The smallest absolute Gasteiger partial charge is 0.340 e. The zero-order chi connectivity index (χ0) is 40.0. The van der Waals surface area contributed by atoms with E-state index in [2.05, 4.69) is 73.9 Å². The lowest BCUT2D eigenvalue weighted by Crippen LogP contribution is -2.37. The van der Waals surface area contributed by atoms with E-state index in [9.17, 15) is 9.59 Å². The fourth-order valence-corrected chi connectivity index (χ4v) is 9.34. The van der Waals surface area contributed by atoms with Crippen LogP contribution in [0.3, 0.4) is 0 Å². The molecular weight excluding hydrogens is 725 g/mol. The number of benzene rings is 5. The minimum atomic E-state index is -1.33. The number of unbranched alkanes of at least 4 members (excludes halogenated alkanes) is 4. The third-order valence-electron chi connectivity index (χ3n) is 12.4. The molecular formula is C50H52N2O6. The number of carbonyl (C=O) groups is 2. The molecule has 0 aliphatic carbocycles. The van der Waals surface area contributed by atoms with Crippen molar-refractivity contribution in [3.05, 3.63) is 142 Å². The second-order valence-corrected chi connectivity index (χ2v) is 16.0. The van der Waals surface area contributed by atoms with Crippen molar-refractivity contribution in [3.8, 4) is 23.0 Å². The molecule has 0 saturated carbocycles. The summed E-state index contributed by atoms with van der Waals surface area (Å²) in [6.45, 7) is 12.6. The summed E-state index contributed by atoms with van der Waals surface area (Å²) in [5, 5.41) is 0. The Bertz CT molecular complexity index is 2230. The van der Waals surface area contributed by atoms with Crippen molar-refractivity contribution in [2.75, 3.05) is 36.0 Å². The lowest BCUT2D eigenvalue weighted by atomic mass is 9.73. The Hall–Kier alpha value is -5.76. The molecule has 0 aromatic heterocycles. The zero-order valence-electron chi connectivity index (χ0n) is 34.1. The van der Waals surface area contributed by atoms with E-state index in [0.717, 1.165) is 111 Å². The number of carbonyl (C=O) groups excluding carboxylic acids is 2. The van der Waals surface area contributed by atoms with Gasteiger partial charge in [0.2, 0.25) is 0 Å². The van der Waals surface area contributed by atoms with Gasteiger partial charge in [-0.2, -0.15) is 0 Å². The highest BCUT2D eigenvalue weighted by molar-refractivity contribution is 5.98. The first-order valence-electron chi connectivity index (χ1n) is 21.4. The molecule has 0 N–H and O–H groups in total. The van der Waals surface area contributed by atoms with Crippen molar-refractivity contribution in [2.24, 2.45) is 0 Å². The van der Waals surface area contributed by atoms with Gasteiger partial charge in [-0.25, -0.2) is 9.59 Å². The van der Waals surface area contributed by atoms with Gasteiger partial charge in [-0.05, 0) is 68.1 Å². The highest BCUT2D eigenvalue weighted by atomic mass is 16.6. The summed E-state index contributed by atoms with van der Waals surface area (Å²) in [5.41, 5.74) is 4.76. The highest BCUT2D eigenvalue weighted by Crippen LogP contribution is 2.62. The van der Waals surface area contributed by atoms with Crippen LogP contribution in [0.4, 0.5) is 11.4 Å². The maximum absolute atomic E-state index is 13.9. The number of nitrogens with zero attached hydrogens (tertiary/aromatic N) is 2. The fourth-order valence-electron chi connectivity index (χ4n) is 9.34. The Labute approximate surface area is 341 Å². The third kappa shape index (κ3) is 5.85. The van der Waals surface area contributed by atoms with E-state index < -0.39 is 23.1 Å². The molecule has 4 aliphatic heterocycles. The van der Waals surface area contributed by atoms with Crippen molar-refractivity contribution in [1.29, 1.82) is 0 Å². The van der Waals surface area contributed by atoms with Gasteiger partial charge in [0.05, 0.1) is 11.1 Å². The van der Waals surface area contributed by atoms with Crippen molar-refractivity contribution in [2.45, 2.75) is 90.3 Å². The second kappa shape index (κ2) is 15.2. The van der Waals surface area contributed by atoms with Gasteiger partial charge in [-0.3, -0.25) is 0 Å². The van der Waals surface area contributed by atoms with Gasteiger partial charge in [0.15, 0.2) is 11.2 Å². The van der Waals surface area contributed by atoms with Crippen molar-refractivity contribution >= 4 is 23.3 Å². The van der Waals surface area contributed by atoms with Crippen molar-refractivity contribution in [3.63, 3.8) is 0 Å². The quantitative estimate of drug-likeness (QED) is 0.103. The summed E-state index contributed by atoms with van der Waals surface area (Å²) < 4.78 is 27.2. The summed E-state index contributed by atoms with van der Waals surface area (Å²) in [6, 6.07) is 31.7. The summed E-state index contributed by atoms with van der Waals surface area (Å²) in [4.78, 5) is 32.7. The van der Waals surface area contributed by atoms with Gasteiger partial charge < -0.3 is 28.7 Å².